The molecule has 0 saturated carbocycles. The second-order valence-corrected chi connectivity index (χ2v) is 5.07. The monoisotopic (exact) mass is 260 g/mol. The summed E-state index contributed by atoms with van der Waals surface area (Å²) in [5, 5.41) is 14.4. The average molecular weight is 260 g/mol. The van der Waals surface area contributed by atoms with Crippen LogP contribution in [0.25, 0.3) is 6.08 Å². The third-order valence-corrected chi connectivity index (χ3v) is 3.55. The zero-order chi connectivity index (χ0) is 13.7. The molecule has 4 nitrogen and oxygen atoms in total. The Morgan fingerprint density at radius 1 is 1.37 bits per heavy atom. The lowest BCUT2D eigenvalue weighted by molar-refractivity contribution is -0.385. The van der Waals surface area contributed by atoms with Crippen molar-refractivity contribution in [1.82, 2.24) is 5.32 Å². The summed E-state index contributed by atoms with van der Waals surface area (Å²) in [5.41, 5.74) is 1.79. The molecule has 4 heteroatoms. The summed E-state index contributed by atoms with van der Waals surface area (Å²) in [7, 11) is 0. The van der Waals surface area contributed by atoms with E-state index in [1.807, 2.05) is 12.1 Å². The maximum atomic E-state index is 10.9. The van der Waals surface area contributed by atoms with Gasteiger partial charge in [0.25, 0.3) is 5.69 Å². The fraction of sp³-hybridized carbons (Fsp3) is 0.467. The molecule has 1 aliphatic heterocycles. The summed E-state index contributed by atoms with van der Waals surface area (Å²) in [5.74, 6) is 0. The number of benzene rings is 1. The summed E-state index contributed by atoms with van der Waals surface area (Å²) in [6, 6.07) is 5.76. The highest BCUT2D eigenvalue weighted by Gasteiger charge is 2.11. The maximum absolute atomic E-state index is 10.9. The Morgan fingerprint density at radius 2 is 2.21 bits per heavy atom. The van der Waals surface area contributed by atoms with Gasteiger partial charge in [-0.05, 0) is 31.9 Å². The molecule has 2 rings (SSSR count). The van der Waals surface area contributed by atoms with E-state index >= 15 is 0 Å². The van der Waals surface area contributed by atoms with Gasteiger partial charge < -0.3 is 5.32 Å². The second kappa shape index (κ2) is 6.48. The van der Waals surface area contributed by atoms with E-state index < -0.39 is 0 Å². The Morgan fingerprint density at radius 3 is 3.00 bits per heavy atom. The van der Waals surface area contributed by atoms with Crippen molar-refractivity contribution in [3.63, 3.8) is 0 Å². The van der Waals surface area contributed by atoms with E-state index in [2.05, 4.69) is 11.4 Å². The molecule has 0 radical (unpaired) electrons. The van der Waals surface area contributed by atoms with Gasteiger partial charge in [0, 0.05) is 17.7 Å². The zero-order valence-electron chi connectivity index (χ0n) is 11.3. The summed E-state index contributed by atoms with van der Waals surface area (Å²) < 4.78 is 0. The molecule has 0 aliphatic carbocycles. The molecule has 1 aliphatic rings. The molecule has 1 heterocycles. The minimum Gasteiger partial charge on any atom is -0.311 e. The molecule has 1 fully saturated rings. The van der Waals surface area contributed by atoms with Crippen LogP contribution in [-0.2, 0) is 0 Å². The van der Waals surface area contributed by atoms with Crippen molar-refractivity contribution in [2.45, 2.75) is 38.6 Å². The predicted molar refractivity (Wildman–Crippen MR) is 77.1 cm³/mol. The van der Waals surface area contributed by atoms with Crippen LogP contribution >= 0.6 is 0 Å². The van der Waals surface area contributed by atoms with Crippen LogP contribution < -0.4 is 5.32 Å². The predicted octanol–water partition coefficient (Wildman–Crippen LogP) is 3.45. The number of nitro benzene ring substituents is 1. The van der Waals surface area contributed by atoms with Gasteiger partial charge in [-0.15, -0.1) is 0 Å². The number of aryl methyl sites for hydroxylation is 1. The van der Waals surface area contributed by atoms with Gasteiger partial charge in [0.05, 0.1) is 4.92 Å². The molecular formula is C15H20N2O2. The van der Waals surface area contributed by atoms with Gasteiger partial charge in [-0.25, -0.2) is 0 Å². The zero-order valence-corrected chi connectivity index (χ0v) is 11.3. The van der Waals surface area contributed by atoms with Gasteiger partial charge >= 0.3 is 0 Å². The fourth-order valence-electron chi connectivity index (χ4n) is 2.37. The molecule has 1 saturated heterocycles. The molecule has 0 spiro atoms. The van der Waals surface area contributed by atoms with E-state index in [0.29, 0.717) is 11.6 Å². The summed E-state index contributed by atoms with van der Waals surface area (Å²) in [4.78, 5) is 10.6. The first kappa shape index (κ1) is 13.7. The van der Waals surface area contributed by atoms with Gasteiger partial charge in [-0.1, -0.05) is 37.1 Å². The fourth-order valence-corrected chi connectivity index (χ4v) is 2.37. The van der Waals surface area contributed by atoms with Crippen molar-refractivity contribution in [1.29, 1.82) is 0 Å². The smallest absolute Gasteiger partial charge is 0.272 e. The molecular weight excluding hydrogens is 240 g/mol. The highest BCUT2D eigenvalue weighted by molar-refractivity contribution is 5.56. The number of hydrogen-bond acceptors (Lipinski definition) is 3. The number of rotatable bonds is 3. The topological polar surface area (TPSA) is 55.2 Å². The lowest BCUT2D eigenvalue weighted by Gasteiger charge is -2.10. The summed E-state index contributed by atoms with van der Waals surface area (Å²) in [6.07, 6.45) is 9.02. The Hall–Kier alpha value is -1.68. The number of nitrogens with zero attached hydrogens (tertiary/aromatic N) is 1. The Balaban J connectivity index is 2.09. The highest BCUT2D eigenvalue weighted by Crippen LogP contribution is 2.20. The molecule has 0 amide bonds. The average Bonchev–Trinajstić information content (AvgIpc) is 2.66. The molecule has 1 unspecified atom stereocenters. The van der Waals surface area contributed by atoms with Crippen LogP contribution in [0, 0.1) is 17.0 Å². The van der Waals surface area contributed by atoms with E-state index in [-0.39, 0.29) is 10.6 Å². The van der Waals surface area contributed by atoms with E-state index in [9.17, 15) is 10.1 Å². The highest BCUT2D eigenvalue weighted by atomic mass is 16.6. The molecule has 19 heavy (non-hydrogen) atoms. The van der Waals surface area contributed by atoms with Crippen molar-refractivity contribution in [2.75, 3.05) is 6.54 Å². The SMILES string of the molecule is Cc1ccc(/C=C/C2CCCCCN2)cc1[N+](=O)[O-]. The van der Waals surface area contributed by atoms with Gasteiger partial charge in [0.15, 0.2) is 0 Å². The Bertz CT molecular complexity index is 475. The van der Waals surface area contributed by atoms with E-state index in [1.54, 1.807) is 19.1 Å². The summed E-state index contributed by atoms with van der Waals surface area (Å²) in [6.45, 7) is 2.82. The van der Waals surface area contributed by atoms with Crippen LogP contribution in [0.5, 0.6) is 0 Å². The molecule has 1 aromatic carbocycles. The molecule has 1 N–H and O–H groups in total. The van der Waals surface area contributed by atoms with Gasteiger partial charge in [0.1, 0.15) is 0 Å². The minimum absolute atomic E-state index is 0.191. The first-order valence-electron chi connectivity index (χ1n) is 6.83. The first-order valence-corrected chi connectivity index (χ1v) is 6.83. The third-order valence-electron chi connectivity index (χ3n) is 3.55. The number of nitro groups is 1. The van der Waals surface area contributed by atoms with Crippen LogP contribution in [0.3, 0.4) is 0 Å². The molecule has 102 valence electrons. The van der Waals surface area contributed by atoms with Crippen molar-refractivity contribution >= 4 is 11.8 Å². The first-order chi connectivity index (χ1) is 9.16. The quantitative estimate of drug-likeness (QED) is 0.669. The van der Waals surface area contributed by atoms with E-state index in [1.165, 1.54) is 19.3 Å². The number of nitrogens with one attached hydrogen (secondary N) is 1. The van der Waals surface area contributed by atoms with Crippen LogP contribution in [0.15, 0.2) is 24.3 Å². The summed E-state index contributed by atoms with van der Waals surface area (Å²) >= 11 is 0. The molecule has 0 aromatic heterocycles. The van der Waals surface area contributed by atoms with Crippen molar-refractivity contribution in [3.8, 4) is 0 Å². The molecule has 1 atom stereocenters. The largest absolute Gasteiger partial charge is 0.311 e. The lowest BCUT2D eigenvalue weighted by atomic mass is 10.1. The second-order valence-electron chi connectivity index (χ2n) is 5.07. The molecule has 0 bridgehead atoms. The van der Waals surface area contributed by atoms with E-state index in [4.69, 9.17) is 0 Å². The van der Waals surface area contributed by atoms with Gasteiger partial charge in [0.2, 0.25) is 0 Å². The van der Waals surface area contributed by atoms with Crippen LogP contribution in [-0.4, -0.2) is 17.5 Å². The van der Waals surface area contributed by atoms with Gasteiger partial charge in [-0.3, -0.25) is 10.1 Å². The maximum Gasteiger partial charge on any atom is 0.272 e. The van der Waals surface area contributed by atoms with Crippen molar-refractivity contribution in [2.24, 2.45) is 0 Å². The van der Waals surface area contributed by atoms with Crippen LogP contribution in [0.4, 0.5) is 5.69 Å². The van der Waals surface area contributed by atoms with E-state index in [0.717, 1.165) is 18.5 Å². The standard InChI is InChI=1S/C15H20N2O2/c1-12-6-7-13(11-15(12)17(18)19)8-9-14-5-3-2-4-10-16-14/h6-9,11,14,16H,2-5,10H2,1H3/b9-8+. The minimum atomic E-state index is -0.323. The lowest BCUT2D eigenvalue weighted by Crippen LogP contribution is -2.25. The number of hydrogen-bond donors (Lipinski definition) is 1. The Kier molecular flexibility index (Phi) is 4.68. The van der Waals surface area contributed by atoms with Crippen molar-refractivity contribution < 1.29 is 4.92 Å². The third kappa shape index (κ3) is 3.89. The normalized spacial score (nSPS) is 20.4. The van der Waals surface area contributed by atoms with Crippen LogP contribution in [0.2, 0.25) is 0 Å². The van der Waals surface area contributed by atoms with Gasteiger partial charge in [-0.2, -0.15) is 0 Å². The van der Waals surface area contributed by atoms with Crippen molar-refractivity contribution in [3.05, 3.63) is 45.5 Å². The van der Waals surface area contributed by atoms with Crippen LogP contribution in [0.1, 0.15) is 36.8 Å². The Labute approximate surface area is 113 Å². The molecule has 1 aromatic rings.